The summed E-state index contributed by atoms with van der Waals surface area (Å²) in [7, 11) is 0. The molecule has 1 aromatic heterocycles. The zero-order chi connectivity index (χ0) is 19.3. The van der Waals surface area contributed by atoms with Gasteiger partial charge in [0.05, 0.1) is 12.5 Å². The summed E-state index contributed by atoms with van der Waals surface area (Å²) in [5, 5.41) is 3.73. The summed E-state index contributed by atoms with van der Waals surface area (Å²) in [5.74, 6) is 0.897. The van der Waals surface area contributed by atoms with Crippen molar-refractivity contribution in [2.45, 2.75) is 53.0 Å². The molecule has 0 saturated heterocycles. The number of aryl methyl sites for hydroxylation is 2. The van der Waals surface area contributed by atoms with E-state index in [4.69, 9.17) is 11.6 Å². The number of aromatic nitrogens is 2. The number of rotatable bonds is 7. The maximum atomic E-state index is 12.6. The van der Waals surface area contributed by atoms with E-state index < -0.39 is 0 Å². The molecule has 2 rings (SSSR count). The molecule has 5 nitrogen and oxygen atoms in total. The number of H-pyrrole nitrogens is 1. The molecule has 0 radical (unpaired) electrons. The Bertz CT molecular complexity index is 813. The number of nitrogens with zero attached hydrogens (tertiary/aromatic N) is 1. The molecular weight excluding hydrogens is 350 g/mol. The van der Waals surface area contributed by atoms with Crippen LogP contribution in [0.3, 0.4) is 0 Å². The van der Waals surface area contributed by atoms with Crippen LogP contribution in [0.1, 0.15) is 55.4 Å². The van der Waals surface area contributed by atoms with Gasteiger partial charge >= 0.3 is 0 Å². The van der Waals surface area contributed by atoms with Gasteiger partial charge in [0, 0.05) is 16.3 Å². The second-order valence-electron chi connectivity index (χ2n) is 7.03. The van der Waals surface area contributed by atoms with Gasteiger partial charge in [-0.3, -0.25) is 9.59 Å². The lowest BCUT2D eigenvalue weighted by atomic mass is 9.97. The molecule has 140 valence electrons. The fraction of sp³-hybridized carbons (Fsp3) is 0.450. The maximum absolute atomic E-state index is 12.6. The second kappa shape index (κ2) is 8.99. The predicted molar refractivity (Wildman–Crippen MR) is 104 cm³/mol. The molecule has 0 aliphatic rings. The van der Waals surface area contributed by atoms with Crippen LogP contribution in [0.5, 0.6) is 0 Å². The van der Waals surface area contributed by atoms with Crippen molar-refractivity contribution in [3.8, 4) is 0 Å². The molecule has 0 aliphatic carbocycles. The molecule has 0 saturated carbocycles. The standard InChI is InChI=1S/C20H26ClN3O2/c1-12(2)5-10-18(15-6-8-16(21)9-7-15)24-19(25)11-17-13(3)22-14(4)23-20(17)26/h6-9,12,18H,5,10-11H2,1-4H3,(H,24,25)(H,22,23,26)/t18-/m0/s1. The van der Waals surface area contributed by atoms with E-state index in [1.165, 1.54) is 0 Å². The quantitative estimate of drug-likeness (QED) is 0.771. The van der Waals surface area contributed by atoms with Crippen molar-refractivity contribution < 1.29 is 4.79 Å². The molecule has 2 N–H and O–H groups in total. The highest BCUT2D eigenvalue weighted by Crippen LogP contribution is 2.23. The summed E-state index contributed by atoms with van der Waals surface area (Å²) in [6, 6.07) is 7.40. The van der Waals surface area contributed by atoms with Gasteiger partial charge in [-0.25, -0.2) is 4.98 Å². The van der Waals surface area contributed by atoms with Gasteiger partial charge in [-0.15, -0.1) is 0 Å². The molecule has 1 amide bonds. The Morgan fingerprint density at radius 3 is 2.42 bits per heavy atom. The van der Waals surface area contributed by atoms with Gasteiger partial charge in [0.25, 0.3) is 5.56 Å². The van der Waals surface area contributed by atoms with Crippen LogP contribution in [-0.2, 0) is 11.2 Å². The minimum absolute atomic E-state index is 0.0141. The molecule has 6 heteroatoms. The van der Waals surface area contributed by atoms with Crippen LogP contribution >= 0.6 is 11.6 Å². The lowest BCUT2D eigenvalue weighted by Crippen LogP contribution is -2.32. The highest BCUT2D eigenvalue weighted by molar-refractivity contribution is 6.30. The SMILES string of the molecule is Cc1nc(C)c(CC(=O)N[C@@H](CCC(C)C)c2ccc(Cl)cc2)c(=O)[nH]1. The first kappa shape index (κ1) is 20.2. The summed E-state index contributed by atoms with van der Waals surface area (Å²) in [5.41, 5.74) is 1.75. The average Bonchev–Trinajstić information content (AvgIpc) is 2.55. The van der Waals surface area contributed by atoms with E-state index in [1.54, 1.807) is 13.8 Å². The number of carbonyl (C=O) groups is 1. The second-order valence-corrected chi connectivity index (χ2v) is 7.47. The van der Waals surface area contributed by atoms with Crippen molar-refractivity contribution in [3.05, 3.63) is 62.3 Å². The largest absolute Gasteiger partial charge is 0.349 e. The molecular formula is C20H26ClN3O2. The van der Waals surface area contributed by atoms with E-state index in [2.05, 4.69) is 29.1 Å². The van der Waals surface area contributed by atoms with Crippen LogP contribution in [0.15, 0.2) is 29.1 Å². The Balaban J connectivity index is 2.15. The first-order valence-corrected chi connectivity index (χ1v) is 9.25. The summed E-state index contributed by atoms with van der Waals surface area (Å²) in [6.07, 6.45) is 1.83. The van der Waals surface area contributed by atoms with E-state index in [1.807, 2.05) is 24.3 Å². The molecule has 1 heterocycles. The highest BCUT2D eigenvalue weighted by Gasteiger charge is 2.18. The number of nitrogens with one attached hydrogen (secondary N) is 2. The van der Waals surface area contributed by atoms with Crippen LogP contribution in [-0.4, -0.2) is 15.9 Å². The first-order valence-electron chi connectivity index (χ1n) is 8.87. The third kappa shape index (κ3) is 5.70. The van der Waals surface area contributed by atoms with E-state index in [-0.39, 0.29) is 23.9 Å². The maximum Gasteiger partial charge on any atom is 0.254 e. The lowest BCUT2D eigenvalue weighted by molar-refractivity contribution is -0.121. The van der Waals surface area contributed by atoms with Crippen LogP contribution in [0.4, 0.5) is 0 Å². The van der Waals surface area contributed by atoms with E-state index >= 15 is 0 Å². The zero-order valence-corrected chi connectivity index (χ0v) is 16.5. The lowest BCUT2D eigenvalue weighted by Gasteiger charge is -2.20. The number of amides is 1. The molecule has 0 fully saturated rings. The molecule has 0 bridgehead atoms. The Morgan fingerprint density at radius 1 is 1.19 bits per heavy atom. The number of aromatic amines is 1. The third-order valence-corrected chi connectivity index (χ3v) is 4.57. The van der Waals surface area contributed by atoms with Crippen molar-refractivity contribution in [2.24, 2.45) is 5.92 Å². The van der Waals surface area contributed by atoms with Gasteiger partial charge in [-0.05, 0) is 50.3 Å². The van der Waals surface area contributed by atoms with E-state index in [9.17, 15) is 9.59 Å². The number of hydrogen-bond acceptors (Lipinski definition) is 3. The highest BCUT2D eigenvalue weighted by atomic mass is 35.5. The van der Waals surface area contributed by atoms with E-state index in [0.717, 1.165) is 18.4 Å². The third-order valence-electron chi connectivity index (χ3n) is 4.32. The van der Waals surface area contributed by atoms with Crippen LogP contribution in [0.2, 0.25) is 5.02 Å². The summed E-state index contributed by atoms with van der Waals surface area (Å²) in [4.78, 5) is 31.6. The normalized spacial score (nSPS) is 12.2. The summed E-state index contributed by atoms with van der Waals surface area (Å²) in [6.45, 7) is 7.78. The summed E-state index contributed by atoms with van der Waals surface area (Å²) < 4.78 is 0. The van der Waals surface area contributed by atoms with Gasteiger partial charge in [-0.2, -0.15) is 0 Å². The number of benzene rings is 1. The van der Waals surface area contributed by atoms with Gasteiger partial charge in [0.15, 0.2) is 0 Å². The fourth-order valence-electron chi connectivity index (χ4n) is 2.88. The van der Waals surface area contributed by atoms with Crippen LogP contribution in [0, 0.1) is 19.8 Å². The summed E-state index contributed by atoms with van der Waals surface area (Å²) >= 11 is 5.97. The van der Waals surface area contributed by atoms with Gasteiger partial charge in [0.1, 0.15) is 5.82 Å². The number of carbonyl (C=O) groups excluding carboxylic acids is 1. The van der Waals surface area contributed by atoms with Crippen molar-refractivity contribution >= 4 is 17.5 Å². The van der Waals surface area contributed by atoms with Crippen molar-refractivity contribution in [1.29, 1.82) is 0 Å². The molecule has 0 aliphatic heterocycles. The molecule has 0 unspecified atom stereocenters. The average molecular weight is 376 g/mol. The minimum Gasteiger partial charge on any atom is -0.349 e. The monoisotopic (exact) mass is 375 g/mol. The molecule has 1 atom stereocenters. The first-order chi connectivity index (χ1) is 12.3. The smallest absolute Gasteiger partial charge is 0.254 e. The van der Waals surface area contributed by atoms with Crippen LogP contribution < -0.4 is 10.9 Å². The van der Waals surface area contributed by atoms with Gasteiger partial charge < -0.3 is 10.3 Å². The zero-order valence-electron chi connectivity index (χ0n) is 15.7. The fourth-order valence-corrected chi connectivity index (χ4v) is 3.01. The van der Waals surface area contributed by atoms with Gasteiger partial charge in [0.2, 0.25) is 5.91 Å². The van der Waals surface area contributed by atoms with Gasteiger partial charge in [-0.1, -0.05) is 37.6 Å². The van der Waals surface area contributed by atoms with Crippen molar-refractivity contribution in [1.82, 2.24) is 15.3 Å². The topological polar surface area (TPSA) is 74.8 Å². The Hall–Kier alpha value is -2.14. The Labute approximate surface area is 159 Å². The molecule has 26 heavy (non-hydrogen) atoms. The Kier molecular flexibility index (Phi) is 6.98. The molecule has 2 aromatic rings. The molecule has 0 spiro atoms. The van der Waals surface area contributed by atoms with E-state index in [0.29, 0.717) is 28.0 Å². The van der Waals surface area contributed by atoms with Crippen molar-refractivity contribution in [3.63, 3.8) is 0 Å². The Morgan fingerprint density at radius 2 is 1.85 bits per heavy atom. The predicted octanol–water partition coefficient (Wildman–Crippen LogP) is 3.88. The minimum atomic E-state index is -0.254. The number of halogens is 1. The van der Waals surface area contributed by atoms with Crippen molar-refractivity contribution in [2.75, 3.05) is 0 Å². The number of hydrogen-bond donors (Lipinski definition) is 2. The van der Waals surface area contributed by atoms with Crippen LogP contribution in [0.25, 0.3) is 0 Å². The molecule has 1 aromatic carbocycles.